The number of aliphatic hydroxyl groups is 3. The number of ether oxygens (including phenoxy) is 1. The second-order valence-electron chi connectivity index (χ2n) is 4.65. The number of nitrogens with zero attached hydrogens (tertiary/aromatic N) is 3. The monoisotopic (exact) mass is 275 g/mol. The van der Waals surface area contributed by atoms with E-state index in [9.17, 15) is 15.5 Å². The van der Waals surface area contributed by atoms with Gasteiger partial charge in [-0.2, -0.15) is 10.4 Å². The zero-order valence-electron chi connectivity index (χ0n) is 10.4. The highest BCUT2D eigenvalue weighted by molar-refractivity contribution is 5.83. The van der Waals surface area contributed by atoms with Gasteiger partial charge < -0.3 is 20.1 Å². The number of hydrogen-bond acceptors (Lipinski definition) is 6. The van der Waals surface area contributed by atoms with E-state index in [2.05, 4.69) is 5.10 Å². The first kappa shape index (κ1) is 13.0. The van der Waals surface area contributed by atoms with Crippen molar-refractivity contribution in [3.63, 3.8) is 0 Å². The third kappa shape index (κ3) is 1.78. The minimum Gasteiger partial charge on any atom is -0.394 e. The Morgan fingerprint density at radius 1 is 1.30 bits per heavy atom. The summed E-state index contributed by atoms with van der Waals surface area (Å²) in [4.78, 5) is 0. The normalized spacial score (nSPS) is 29.7. The van der Waals surface area contributed by atoms with Crippen LogP contribution in [0.15, 0.2) is 24.3 Å². The molecule has 1 fully saturated rings. The van der Waals surface area contributed by atoms with Gasteiger partial charge in [-0.1, -0.05) is 12.1 Å². The van der Waals surface area contributed by atoms with E-state index in [1.807, 2.05) is 6.07 Å². The fourth-order valence-electron chi connectivity index (χ4n) is 2.43. The quantitative estimate of drug-likeness (QED) is 0.682. The van der Waals surface area contributed by atoms with Crippen LogP contribution in [0.25, 0.3) is 10.9 Å². The van der Waals surface area contributed by atoms with E-state index in [0.29, 0.717) is 10.9 Å². The van der Waals surface area contributed by atoms with Crippen LogP contribution in [0.2, 0.25) is 0 Å². The Morgan fingerprint density at radius 3 is 2.70 bits per heavy atom. The Morgan fingerprint density at radius 2 is 2.05 bits per heavy atom. The molecule has 0 spiro atoms. The van der Waals surface area contributed by atoms with Crippen molar-refractivity contribution in [2.75, 3.05) is 6.61 Å². The van der Waals surface area contributed by atoms with Crippen LogP contribution in [-0.2, 0) is 4.74 Å². The number of fused-ring (bicyclic) bond motifs is 1. The van der Waals surface area contributed by atoms with Gasteiger partial charge in [-0.3, -0.25) is 0 Å². The highest BCUT2D eigenvalue weighted by Gasteiger charge is 2.44. The Bertz CT molecular complexity index is 678. The summed E-state index contributed by atoms with van der Waals surface area (Å²) in [6.07, 6.45) is -4.37. The third-order valence-electron chi connectivity index (χ3n) is 3.47. The molecule has 20 heavy (non-hydrogen) atoms. The van der Waals surface area contributed by atoms with Gasteiger partial charge >= 0.3 is 0 Å². The number of nitriles is 1. The molecule has 0 radical (unpaired) electrons. The highest BCUT2D eigenvalue weighted by atomic mass is 16.6. The van der Waals surface area contributed by atoms with E-state index in [1.54, 1.807) is 24.3 Å². The molecule has 2 aromatic rings. The second kappa shape index (κ2) is 4.85. The summed E-state index contributed by atoms with van der Waals surface area (Å²) >= 11 is 0. The molecule has 104 valence electrons. The fourth-order valence-corrected chi connectivity index (χ4v) is 2.43. The molecule has 0 aliphatic carbocycles. The molecule has 2 heterocycles. The first-order chi connectivity index (χ1) is 9.67. The van der Waals surface area contributed by atoms with E-state index < -0.39 is 31.1 Å². The first-order valence-corrected chi connectivity index (χ1v) is 6.17. The topological polar surface area (TPSA) is 112 Å². The van der Waals surface area contributed by atoms with E-state index in [-0.39, 0.29) is 5.69 Å². The van der Waals surface area contributed by atoms with Crippen molar-refractivity contribution in [3.05, 3.63) is 30.0 Å². The number of aliphatic hydroxyl groups excluding tert-OH is 3. The first-order valence-electron chi connectivity index (χ1n) is 6.17. The lowest BCUT2D eigenvalue weighted by Gasteiger charge is -2.15. The molecule has 1 aliphatic rings. The summed E-state index contributed by atoms with van der Waals surface area (Å²) in [5, 5.41) is 43.0. The molecule has 3 rings (SSSR count). The summed E-state index contributed by atoms with van der Waals surface area (Å²) in [6.45, 7) is -0.419. The average molecular weight is 275 g/mol. The van der Waals surface area contributed by atoms with Gasteiger partial charge in [-0.05, 0) is 12.1 Å². The van der Waals surface area contributed by atoms with Crippen LogP contribution >= 0.6 is 0 Å². The van der Waals surface area contributed by atoms with Gasteiger partial charge in [0.05, 0.1) is 12.1 Å². The van der Waals surface area contributed by atoms with Crippen LogP contribution in [0.1, 0.15) is 11.9 Å². The Kier molecular flexibility index (Phi) is 3.16. The van der Waals surface area contributed by atoms with Crippen molar-refractivity contribution in [3.8, 4) is 6.07 Å². The highest BCUT2D eigenvalue weighted by Crippen LogP contribution is 2.31. The minimum atomic E-state index is -1.26. The lowest BCUT2D eigenvalue weighted by molar-refractivity contribution is -0.0586. The second-order valence-corrected chi connectivity index (χ2v) is 4.65. The molecule has 7 nitrogen and oxygen atoms in total. The summed E-state index contributed by atoms with van der Waals surface area (Å²) in [7, 11) is 0. The van der Waals surface area contributed by atoms with Gasteiger partial charge in [0.2, 0.25) is 0 Å². The zero-order chi connectivity index (χ0) is 14.3. The van der Waals surface area contributed by atoms with Crippen molar-refractivity contribution in [2.45, 2.75) is 24.5 Å². The number of benzene rings is 1. The standard InChI is InChI=1S/C13H13N3O4/c14-5-9-7-3-1-2-4-8(7)15-16(9)13-12(19)11(18)10(6-17)20-13/h1-4,10-13,17-19H,6H2/t10-,11-,12-,13-/m1/s1. The molecule has 1 aromatic heterocycles. The Hall–Kier alpha value is -1.98. The summed E-state index contributed by atoms with van der Waals surface area (Å²) in [5.74, 6) is 0. The van der Waals surface area contributed by atoms with E-state index in [1.165, 1.54) is 4.68 Å². The SMILES string of the molecule is N#Cc1c2ccccc2nn1[C@@H]1O[C@H](CO)[C@@H](O)[C@H]1O. The number of aromatic nitrogens is 2. The molecule has 3 N–H and O–H groups in total. The Balaban J connectivity index is 2.09. The molecule has 7 heteroatoms. The smallest absolute Gasteiger partial charge is 0.180 e. The Labute approximate surface area is 114 Å². The van der Waals surface area contributed by atoms with Crippen molar-refractivity contribution in [1.29, 1.82) is 5.26 Å². The van der Waals surface area contributed by atoms with Crippen LogP contribution in [0.4, 0.5) is 0 Å². The minimum absolute atomic E-state index is 0.246. The van der Waals surface area contributed by atoms with Crippen molar-refractivity contribution in [2.24, 2.45) is 0 Å². The van der Waals surface area contributed by atoms with Crippen LogP contribution < -0.4 is 0 Å². The molecule has 4 atom stereocenters. The molecule has 0 bridgehead atoms. The third-order valence-corrected chi connectivity index (χ3v) is 3.47. The van der Waals surface area contributed by atoms with Crippen molar-refractivity contribution < 1.29 is 20.1 Å². The van der Waals surface area contributed by atoms with Crippen LogP contribution in [0.5, 0.6) is 0 Å². The number of hydrogen-bond donors (Lipinski definition) is 3. The molecule has 0 amide bonds. The predicted octanol–water partition coefficient (Wildman–Crippen LogP) is -0.481. The molecular formula is C13H13N3O4. The molecule has 0 saturated carbocycles. The lowest BCUT2D eigenvalue weighted by atomic mass is 10.1. The van der Waals surface area contributed by atoms with Gasteiger partial charge in [-0.25, -0.2) is 4.68 Å². The van der Waals surface area contributed by atoms with Crippen molar-refractivity contribution >= 4 is 10.9 Å². The maximum Gasteiger partial charge on any atom is 0.180 e. The molecule has 0 unspecified atom stereocenters. The predicted molar refractivity (Wildman–Crippen MR) is 67.5 cm³/mol. The van der Waals surface area contributed by atoms with Gasteiger partial charge in [0, 0.05) is 5.39 Å². The van der Waals surface area contributed by atoms with Crippen LogP contribution in [0.3, 0.4) is 0 Å². The molecule has 1 aromatic carbocycles. The van der Waals surface area contributed by atoms with E-state index >= 15 is 0 Å². The molecule has 1 saturated heterocycles. The molecule has 1 aliphatic heterocycles. The van der Waals surface area contributed by atoms with Crippen LogP contribution in [-0.4, -0.2) is 50.0 Å². The zero-order valence-corrected chi connectivity index (χ0v) is 10.4. The average Bonchev–Trinajstić information content (AvgIpc) is 2.97. The van der Waals surface area contributed by atoms with Gasteiger partial charge in [0.15, 0.2) is 6.23 Å². The van der Waals surface area contributed by atoms with Gasteiger partial charge in [0.25, 0.3) is 0 Å². The fraction of sp³-hybridized carbons (Fsp3) is 0.385. The van der Waals surface area contributed by atoms with Gasteiger partial charge in [-0.15, -0.1) is 0 Å². The van der Waals surface area contributed by atoms with Crippen molar-refractivity contribution in [1.82, 2.24) is 9.78 Å². The number of rotatable bonds is 2. The summed E-state index contributed by atoms with van der Waals surface area (Å²) < 4.78 is 6.65. The summed E-state index contributed by atoms with van der Waals surface area (Å²) in [6, 6.07) is 9.10. The summed E-state index contributed by atoms with van der Waals surface area (Å²) in [5.41, 5.74) is 0.845. The maximum atomic E-state index is 10.0. The largest absolute Gasteiger partial charge is 0.394 e. The van der Waals surface area contributed by atoms with E-state index in [4.69, 9.17) is 9.84 Å². The maximum absolute atomic E-state index is 10.0. The van der Waals surface area contributed by atoms with E-state index in [0.717, 1.165) is 0 Å². The lowest BCUT2D eigenvalue weighted by Crippen LogP contribution is -2.33. The molecular weight excluding hydrogens is 262 g/mol. The van der Waals surface area contributed by atoms with Gasteiger partial charge in [0.1, 0.15) is 30.1 Å². The van der Waals surface area contributed by atoms with Crippen LogP contribution in [0, 0.1) is 11.3 Å².